The van der Waals surface area contributed by atoms with Crippen LogP contribution in [0.3, 0.4) is 0 Å². The van der Waals surface area contributed by atoms with Crippen molar-refractivity contribution in [1.82, 2.24) is 15.5 Å². The Bertz CT molecular complexity index is 306. The molecule has 1 heterocycles. The number of nitrogens with one attached hydrogen (secondary N) is 2. The smallest absolute Gasteiger partial charge is 0.240 e. The van der Waals surface area contributed by atoms with Gasteiger partial charge >= 0.3 is 0 Å². The molecule has 0 aromatic heterocycles. The molecule has 0 aromatic carbocycles. The van der Waals surface area contributed by atoms with Gasteiger partial charge in [-0.2, -0.15) is 0 Å². The summed E-state index contributed by atoms with van der Waals surface area (Å²) in [5, 5.41) is 6.05. The van der Waals surface area contributed by atoms with Gasteiger partial charge in [0.25, 0.3) is 0 Å². The Morgan fingerprint density at radius 1 is 1.50 bits per heavy atom. The SMILES string of the molecule is CCCN1CCNC(CC(=O)NC2CC2)C1=O.Cl. The molecule has 1 atom stereocenters. The lowest BCUT2D eigenvalue weighted by Gasteiger charge is -2.32. The topological polar surface area (TPSA) is 61.4 Å². The highest BCUT2D eigenvalue weighted by Gasteiger charge is 2.31. The summed E-state index contributed by atoms with van der Waals surface area (Å²) < 4.78 is 0. The number of piperazine rings is 1. The van der Waals surface area contributed by atoms with Crippen LogP contribution in [0.25, 0.3) is 0 Å². The fraction of sp³-hybridized carbons (Fsp3) is 0.833. The predicted molar refractivity (Wildman–Crippen MR) is 71.7 cm³/mol. The molecule has 1 aliphatic carbocycles. The molecule has 1 aliphatic heterocycles. The summed E-state index contributed by atoms with van der Waals surface area (Å²) in [5.41, 5.74) is 0. The second-order valence-electron chi connectivity index (χ2n) is 4.88. The third-order valence-corrected chi connectivity index (χ3v) is 3.21. The Kier molecular flexibility index (Phi) is 5.88. The minimum atomic E-state index is -0.325. The number of carbonyl (C=O) groups is 2. The summed E-state index contributed by atoms with van der Waals surface area (Å²) in [6, 6.07) is 0.0435. The van der Waals surface area contributed by atoms with Gasteiger partial charge in [0.2, 0.25) is 11.8 Å². The van der Waals surface area contributed by atoms with Crippen molar-refractivity contribution in [1.29, 1.82) is 0 Å². The summed E-state index contributed by atoms with van der Waals surface area (Å²) in [4.78, 5) is 25.5. The lowest BCUT2D eigenvalue weighted by molar-refractivity contribution is -0.138. The first-order chi connectivity index (χ1) is 8.20. The molecule has 5 nitrogen and oxygen atoms in total. The van der Waals surface area contributed by atoms with E-state index in [1.54, 1.807) is 0 Å². The zero-order valence-corrected chi connectivity index (χ0v) is 11.6. The maximum Gasteiger partial charge on any atom is 0.240 e. The minimum absolute atomic E-state index is 0. The largest absolute Gasteiger partial charge is 0.353 e. The van der Waals surface area contributed by atoms with Gasteiger partial charge in [-0.3, -0.25) is 9.59 Å². The van der Waals surface area contributed by atoms with Crippen molar-refractivity contribution in [3.8, 4) is 0 Å². The Hall–Kier alpha value is -0.810. The highest BCUT2D eigenvalue weighted by atomic mass is 35.5. The van der Waals surface area contributed by atoms with E-state index in [4.69, 9.17) is 0 Å². The molecule has 0 aromatic rings. The fourth-order valence-electron chi connectivity index (χ4n) is 2.14. The first kappa shape index (κ1) is 15.2. The number of halogens is 1. The van der Waals surface area contributed by atoms with E-state index in [9.17, 15) is 9.59 Å². The quantitative estimate of drug-likeness (QED) is 0.758. The molecule has 104 valence electrons. The molecular formula is C12H22ClN3O2. The summed E-state index contributed by atoms with van der Waals surface area (Å²) in [6.45, 7) is 4.39. The van der Waals surface area contributed by atoms with Crippen molar-refractivity contribution in [2.75, 3.05) is 19.6 Å². The highest BCUT2D eigenvalue weighted by molar-refractivity contribution is 5.89. The number of carbonyl (C=O) groups excluding carboxylic acids is 2. The molecule has 0 bridgehead atoms. The van der Waals surface area contributed by atoms with Gasteiger partial charge in [-0.15, -0.1) is 12.4 Å². The molecule has 2 fully saturated rings. The molecule has 0 spiro atoms. The van der Waals surface area contributed by atoms with Crippen molar-refractivity contribution in [2.45, 2.75) is 44.7 Å². The number of nitrogens with zero attached hydrogens (tertiary/aromatic N) is 1. The first-order valence-corrected chi connectivity index (χ1v) is 6.52. The van der Waals surface area contributed by atoms with Crippen LogP contribution in [-0.4, -0.2) is 48.4 Å². The zero-order chi connectivity index (χ0) is 12.3. The van der Waals surface area contributed by atoms with Gasteiger partial charge in [-0.25, -0.2) is 0 Å². The number of amides is 2. The average molecular weight is 276 g/mol. The third kappa shape index (κ3) is 4.14. The van der Waals surface area contributed by atoms with Crippen molar-refractivity contribution in [3.05, 3.63) is 0 Å². The maximum absolute atomic E-state index is 12.0. The van der Waals surface area contributed by atoms with Crippen LogP contribution in [0.5, 0.6) is 0 Å². The van der Waals surface area contributed by atoms with Gasteiger partial charge in [-0.05, 0) is 19.3 Å². The van der Waals surface area contributed by atoms with Gasteiger partial charge in [0, 0.05) is 25.7 Å². The van der Waals surface area contributed by atoms with E-state index < -0.39 is 0 Å². The molecule has 18 heavy (non-hydrogen) atoms. The first-order valence-electron chi connectivity index (χ1n) is 6.52. The van der Waals surface area contributed by atoms with E-state index in [0.29, 0.717) is 6.04 Å². The zero-order valence-electron chi connectivity index (χ0n) is 10.8. The standard InChI is InChI=1S/C12H21N3O2.ClH/c1-2-6-15-7-5-13-10(12(15)17)8-11(16)14-9-3-4-9;/h9-10,13H,2-8H2,1H3,(H,14,16);1H. The van der Waals surface area contributed by atoms with Crippen LogP contribution in [0, 0.1) is 0 Å². The van der Waals surface area contributed by atoms with Crippen molar-refractivity contribution >= 4 is 24.2 Å². The van der Waals surface area contributed by atoms with E-state index >= 15 is 0 Å². The number of hydrogen-bond donors (Lipinski definition) is 2. The Morgan fingerprint density at radius 3 is 2.83 bits per heavy atom. The fourth-order valence-corrected chi connectivity index (χ4v) is 2.14. The third-order valence-electron chi connectivity index (χ3n) is 3.21. The van der Waals surface area contributed by atoms with Gasteiger partial charge in [-0.1, -0.05) is 6.92 Å². The predicted octanol–water partition coefficient (Wildman–Crippen LogP) is 0.287. The van der Waals surface area contributed by atoms with Crippen molar-refractivity contribution in [3.63, 3.8) is 0 Å². The van der Waals surface area contributed by atoms with E-state index in [2.05, 4.69) is 17.6 Å². The summed E-state index contributed by atoms with van der Waals surface area (Å²) in [7, 11) is 0. The molecule has 2 aliphatic rings. The van der Waals surface area contributed by atoms with Gasteiger partial charge in [0.05, 0.1) is 12.5 Å². The summed E-state index contributed by atoms with van der Waals surface area (Å²) >= 11 is 0. The van der Waals surface area contributed by atoms with Gasteiger partial charge in [0.15, 0.2) is 0 Å². The summed E-state index contributed by atoms with van der Waals surface area (Å²) in [6.07, 6.45) is 3.40. The molecule has 2 rings (SSSR count). The van der Waals surface area contributed by atoms with Crippen molar-refractivity contribution < 1.29 is 9.59 Å². The number of rotatable bonds is 5. The molecular weight excluding hydrogens is 254 g/mol. The lowest BCUT2D eigenvalue weighted by Crippen LogP contribution is -2.56. The average Bonchev–Trinajstić information content (AvgIpc) is 3.08. The second-order valence-corrected chi connectivity index (χ2v) is 4.88. The molecule has 1 saturated carbocycles. The van der Waals surface area contributed by atoms with Gasteiger partial charge in [0.1, 0.15) is 0 Å². The van der Waals surface area contributed by atoms with E-state index in [1.165, 1.54) is 0 Å². The maximum atomic E-state index is 12.0. The molecule has 2 amide bonds. The van der Waals surface area contributed by atoms with Crippen LogP contribution in [-0.2, 0) is 9.59 Å². The molecule has 1 saturated heterocycles. The van der Waals surface area contributed by atoms with Crippen molar-refractivity contribution in [2.24, 2.45) is 0 Å². The van der Waals surface area contributed by atoms with E-state index in [0.717, 1.165) is 38.9 Å². The van der Waals surface area contributed by atoms with Crippen LogP contribution >= 0.6 is 12.4 Å². The molecule has 6 heteroatoms. The second kappa shape index (κ2) is 6.95. The monoisotopic (exact) mass is 275 g/mol. The Morgan fingerprint density at radius 2 is 2.22 bits per heavy atom. The van der Waals surface area contributed by atoms with E-state index in [-0.39, 0.29) is 36.7 Å². The Balaban J connectivity index is 0.00000162. The van der Waals surface area contributed by atoms with Crippen LogP contribution in [0.15, 0.2) is 0 Å². The normalized spacial score (nSPS) is 23.5. The molecule has 2 N–H and O–H groups in total. The van der Waals surface area contributed by atoms with Crippen LogP contribution in [0.4, 0.5) is 0 Å². The van der Waals surface area contributed by atoms with Crippen LogP contribution in [0.1, 0.15) is 32.6 Å². The Labute approximate surface area is 114 Å². The van der Waals surface area contributed by atoms with Crippen LogP contribution < -0.4 is 10.6 Å². The van der Waals surface area contributed by atoms with Gasteiger partial charge < -0.3 is 15.5 Å². The highest BCUT2D eigenvalue weighted by Crippen LogP contribution is 2.19. The molecule has 1 unspecified atom stereocenters. The summed E-state index contributed by atoms with van der Waals surface area (Å²) in [5.74, 6) is 0.0701. The minimum Gasteiger partial charge on any atom is -0.353 e. The van der Waals surface area contributed by atoms with E-state index in [1.807, 2.05) is 4.90 Å². The van der Waals surface area contributed by atoms with Crippen LogP contribution in [0.2, 0.25) is 0 Å². The lowest BCUT2D eigenvalue weighted by atomic mass is 10.1. The number of hydrogen-bond acceptors (Lipinski definition) is 3. The molecule has 0 radical (unpaired) electrons.